The third-order valence-corrected chi connectivity index (χ3v) is 12.1. The Morgan fingerprint density at radius 3 is 2.46 bits per heavy atom. The molecule has 2 fully saturated rings. The lowest BCUT2D eigenvalue weighted by Gasteiger charge is -2.44. The normalized spacial score (nSPS) is 24.0. The van der Waals surface area contributed by atoms with Crippen LogP contribution in [-0.2, 0) is 38.1 Å². The van der Waals surface area contributed by atoms with Gasteiger partial charge in [0.05, 0.1) is 17.9 Å². The number of benzene rings is 3. The van der Waals surface area contributed by atoms with Crippen molar-refractivity contribution in [1.29, 1.82) is 0 Å². The van der Waals surface area contributed by atoms with E-state index in [2.05, 4.69) is 14.4 Å². The highest BCUT2D eigenvalue weighted by atomic mass is 32.2. The Hall–Kier alpha value is -4.96. The molecular weight excluding hydrogens is 666 g/mol. The zero-order chi connectivity index (χ0) is 34.0. The van der Waals surface area contributed by atoms with Crippen molar-refractivity contribution in [2.24, 2.45) is 22.2 Å². The summed E-state index contributed by atoms with van der Waals surface area (Å²) in [7, 11) is -9.27. The standard InChI is InChI=1S/C32H30FN5O8S2/c33-22-10-6-19(7-11-22)16-37-28-21-9-8-20(14-21)26(28)29(39)27(31(37)40)30-34-24-13-12-23(15-25(24)47(43,44)36-30)35-48(45,46)38(32(41)42)17-18-4-2-1-3-5-18/h1-7,10-13,15,20-21,26,28,35,39H,8-9,14,16-17H2,(H,34,36)(H,41,42)/t20-,21+,26+,28-/m0/s1. The van der Waals surface area contributed by atoms with Crippen LogP contribution in [0.1, 0.15) is 30.4 Å². The minimum Gasteiger partial charge on any atom is -0.511 e. The number of aliphatic hydroxyl groups is 1. The molecule has 16 heteroatoms. The number of nitrogens with zero attached hydrogens (tertiary/aromatic N) is 3. The smallest absolute Gasteiger partial charge is 0.422 e. The molecule has 0 aromatic heterocycles. The minimum absolute atomic E-state index is 0.0319. The van der Waals surface area contributed by atoms with E-state index in [1.165, 1.54) is 24.3 Å². The van der Waals surface area contributed by atoms with Gasteiger partial charge in [-0.25, -0.2) is 9.18 Å². The van der Waals surface area contributed by atoms with Gasteiger partial charge in [-0.15, -0.1) is 4.40 Å². The van der Waals surface area contributed by atoms with Gasteiger partial charge in [-0.2, -0.15) is 21.1 Å². The third-order valence-electron chi connectivity index (χ3n) is 9.43. The van der Waals surface area contributed by atoms with Crippen LogP contribution >= 0.6 is 0 Å². The summed E-state index contributed by atoms with van der Waals surface area (Å²) in [5.41, 5.74) is 0.526. The number of sulfonamides is 1. The van der Waals surface area contributed by atoms with Gasteiger partial charge < -0.3 is 20.4 Å². The molecule has 4 atom stereocenters. The second-order valence-corrected chi connectivity index (χ2v) is 15.5. The first-order valence-electron chi connectivity index (χ1n) is 15.1. The number of anilines is 2. The molecule has 3 aromatic carbocycles. The Labute approximate surface area is 275 Å². The molecule has 2 amide bonds. The van der Waals surface area contributed by atoms with E-state index >= 15 is 0 Å². The molecule has 3 aromatic rings. The second kappa shape index (κ2) is 11.6. The summed E-state index contributed by atoms with van der Waals surface area (Å²) < 4.78 is 73.0. The lowest BCUT2D eigenvalue weighted by Crippen LogP contribution is -2.53. The predicted molar refractivity (Wildman–Crippen MR) is 172 cm³/mol. The van der Waals surface area contributed by atoms with Crippen LogP contribution in [0.3, 0.4) is 0 Å². The van der Waals surface area contributed by atoms with Crippen molar-refractivity contribution >= 4 is 49.4 Å². The summed E-state index contributed by atoms with van der Waals surface area (Å²) in [5.74, 6) is -1.81. The maximum absolute atomic E-state index is 14.1. The molecular formula is C32H30FN5O8S2. The number of amidine groups is 1. The Morgan fingerprint density at radius 1 is 1.04 bits per heavy atom. The van der Waals surface area contributed by atoms with Crippen molar-refractivity contribution in [3.8, 4) is 0 Å². The number of hydrogen-bond acceptors (Lipinski definition) is 8. The fourth-order valence-corrected chi connectivity index (χ4v) is 9.58. The molecule has 48 heavy (non-hydrogen) atoms. The van der Waals surface area contributed by atoms with E-state index in [9.17, 15) is 41.0 Å². The van der Waals surface area contributed by atoms with Gasteiger partial charge in [0.2, 0.25) is 0 Å². The number of fused-ring (bicyclic) bond motifs is 6. The van der Waals surface area contributed by atoms with Crippen LogP contribution < -0.4 is 10.0 Å². The minimum atomic E-state index is -4.71. The van der Waals surface area contributed by atoms with Crippen molar-refractivity contribution in [2.75, 3.05) is 10.0 Å². The zero-order valence-electron chi connectivity index (χ0n) is 25.2. The molecule has 0 radical (unpaired) electrons. The Kier molecular flexibility index (Phi) is 7.66. The van der Waals surface area contributed by atoms with Crippen LogP contribution in [0.5, 0.6) is 0 Å². The molecule has 2 bridgehead atoms. The number of carboxylic acid groups (broad SMARTS) is 1. The predicted octanol–water partition coefficient (Wildman–Crippen LogP) is 4.44. The fraction of sp³-hybridized carbons (Fsp3) is 0.281. The number of aliphatic hydroxyl groups excluding tert-OH is 1. The highest BCUT2D eigenvalue weighted by Gasteiger charge is 2.57. The highest BCUT2D eigenvalue weighted by Crippen LogP contribution is 2.55. The van der Waals surface area contributed by atoms with Crippen LogP contribution in [-0.4, -0.2) is 60.1 Å². The van der Waals surface area contributed by atoms with Crippen LogP contribution in [0.15, 0.2) is 93.4 Å². The summed E-state index contributed by atoms with van der Waals surface area (Å²) in [6.45, 7) is -0.365. The van der Waals surface area contributed by atoms with Gasteiger partial charge in [0.15, 0.2) is 5.84 Å². The molecule has 250 valence electrons. The first-order chi connectivity index (χ1) is 22.8. The first-order valence-corrected chi connectivity index (χ1v) is 18.0. The van der Waals surface area contributed by atoms with E-state index in [0.717, 1.165) is 25.3 Å². The second-order valence-electron chi connectivity index (χ2n) is 12.3. The molecule has 4 N–H and O–H groups in total. The SMILES string of the molecule is O=C1C(C2=NS(=O)(=O)c3cc(NS(=O)(=O)N(Cc4ccccc4)C(=O)O)ccc3N2)=C(O)[C@@H]2[C@H]3CC[C@H](C3)[C@@H]2N1Cc1ccc(F)cc1. The molecule has 2 aliphatic carbocycles. The molecule has 4 aliphatic rings. The molecule has 2 heterocycles. The summed E-state index contributed by atoms with van der Waals surface area (Å²) in [5, 5.41) is 24.0. The van der Waals surface area contributed by atoms with E-state index in [1.54, 1.807) is 47.4 Å². The number of rotatable bonds is 8. The van der Waals surface area contributed by atoms with Crippen LogP contribution in [0, 0.1) is 23.6 Å². The lowest BCUT2D eigenvalue weighted by molar-refractivity contribution is -0.134. The fourth-order valence-electron chi connectivity index (χ4n) is 7.38. The molecule has 0 unspecified atom stereocenters. The Morgan fingerprint density at radius 2 is 1.75 bits per heavy atom. The van der Waals surface area contributed by atoms with Crippen molar-refractivity contribution in [3.63, 3.8) is 0 Å². The van der Waals surface area contributed by atoms with Gasteiger partial charge in [-0.3, -0.25) is 9.52 Å². The molecule has 2 saturated carbocycles. The largest absolute Gasteiger partial charge is 0.511 e. The van der Waals surface area contributed by atoms with Crippen LogP contribution in [0.25, 0.3) is 0 Å². The number of carbonyl (C=O) groups excluding carboxylic acids is 1. The molecule has 0 spiro atoms. The van der Waals surface area contributed by atoms with Crippen molar-refractivity contribution < 1.29 is 41.0 Å². The Bertz CT molecular complexity index is 2110. The van der Waals surface area contributed by atoms with E-state index in [0.29, 0.717) is 11.1 Å². The molecule has 13 nitrogen and oxygen atoms in total. The maximum atomic E-state index is 14.1. The topological polar surface area (TPSA) is 186 Å². The van der Waals surface area contributed by atoms with E-state index in [4.69, 9.17) is 0 Å². The van der Waals surface area contributed by atoms with Gasteiger partial charge in [-0.05, 0) is 72.6 Å². The lowest BCUT2D eigenvalue weighted by atomic mass is 9.77. The van der Waals surface area contributed by atoms with Gasteiger partial charge in [0.25, 0.3) is 15.9 Å². The van der Waals surface area contributed by atoms with E-state index in [-0.39, 0.29) is 57.3 Å². The van der Waals surface area contributed by atoms with Gasteiger partial charge >= 0.3 is 16.3 Å². The number of nitrogens with one attached hydrogen (secondary N) is 2. The van der Waals surface area contributed by atoms with Crippen molar-refractivity contribution in [2.45, 2.75) is 43.3 Å². The summed E-state index contributed by atoms with van der Waals surface area (Å²) in [6, 6.07) is 17.0. The zero-order valence-corrected chi connectivity index (χ0v) is 26.8. The average Bonchev–Trinajstić information content (AvgIpc) is 3.66. The molecule has 0 saturated heterocycles. The molecule has 2 aliphatic heterocycles. The van der Waals surface area contributed by atoms with Gasteiger partial charge in [-0.1, -0.05) is 42.5 Å². The summed E-state index contributed by atoms with van der Waals surface area (Å²) >= 11 is 0. The average molecular weight is 696 g/mol. The monoisotopic (exact) mass is 695 g/mol. The molecule has 7 rings (SSSR count). The van der Waals surface area contributed by atoms with Crippen LogP contribution in [0.2, 0.25) is 0 Å². The number of carbonyl (C=O) groups is 2. The summed E-state index contributed by atoms with van der Waals surface area (Å²) in [6.07, 6.45) is 0.811. The number of halogens is 1. The quantitative estimate of drug-likeness (QED) is 0.264. The first kappa shape index (κ1) is 31.6. The van der Waals surface area contributed by atoms with Gasteiger partial charge in [0, 0.05) is 18.5 Å². The third kappa shape index (κ3) is 5.53. The van der Waals surface area contributed by atoms with Crippen molar-refractivity contribution in [1.82, 2.24) is 9.21 Å². The van der Waals surface area contributed by atoms with Crippen molar-refractivity contribution in [3.05, 3.63) is 101 Å². The van der Waals surface area contributed by atoms with E-state index in [1.807, 2.05) is 0 Å². The highest BCUT2D eigenvalue weighted by molar-refractivity contribution is 7.91. The van der Waals surface area contributed by atoms with E-state index < -0.39 is 55.4 Å². The summed E-state index contributed by atoms with van der Waals surface area (Å²) in [4.78, 5) is 27.2. The maximum Gasteiger partial charge on any atom is 0.422 e. The van der Waals surface area contributed by atoms with Gasteiger partial charge in [0.1, 0.15) is 22.0 Å². The number of hydrogen-bond donors (Lipinski definition) is 4. The van der Waals surface area contributed by atoms with Crippen LogP contribution in [0.4, 0.5) is 20.6 Å². The Balaban J connectivity index is 1.19. The number of amides is 2.